The van der Waals surface area contributed by atoms with E-state index >= 15 is 0 Å². The highest BCUT2D eigenvalue weighted by Crippen LogP contribution is 2.21. The Kier molecular flexibility index (Phi) is 7.40. The summed E-state index contributed by atoms with van der Waals surface area (Å²) in [6, 6.07) is 22.8. The molecule has 0 aliphatic carbocycles. The minimum absolute atomic E-state index is 0.0390. The van der Waals surface area contributed by atoms with Gasteiger partial charge in [0.2, 0.25) is 0 Å². The Balaban J connectivity index is 1.60. The minimum Gasteiger partial charge on any atom is -0.462 e. The van der Waals surface area contributed by atoms with Crippen molar-refractivity contribution < 1.29 is 19.1 Å². The van der Waals surface area contributed by atoms with E-state index in [1.165, 1.54) is 11.8 Å². The summed E-state index contributed by atoms with van der Waals surface area (Å²) in [7, 11) is 0. The fourth-order valence-electron chi connectivity index (χ4n) is 2.69. The third kappa shape index (κ3) is 5.81. The molecular formula is C24H21NO4S. The van der Waals surface area contributed by atoms with Crippen LogP contribution in [0.5, 0.6) is 0 Å². The van der Waals surface area contributed by atoms with Crippen molar-refractivity contribution in [3.63, 3.8) is 0 Å². The van der Waals surface area contributed by atoms with Crippen LogP contribution in [0.2, 0.25) is 0 Å². The zero-order valence-corrected chi connectivity index (χ0v) is 17.3. The maximum absolute atomic E-state index is 12.6. The molecule has 0 saturated carbocycles. The summed E-state index contributed by atoms with van der Waals surface area (Å²) in [5.74, 6) is -0.331. The molecule has 5 nitrogen and oxygen atoms in total. The number of anilines is 1. The van der Waals surface area contributed by atoms with Crippen LogP contribution >= 0.6 is 11.8 Å². The molecule has 3 aromatic carbocycles. The highest BCUT2D eigenvalue weighted by molar-refractivity contribution is 8.00. The van der Waals surface area contributed by atoms with Crippen LogP contribution in [-0.2, 0) is 4.74 Å². The standard InChI is InChI=1S/C24H21NO4S/c1-2-29-24(28)18-11-13-20(14-12-18)25-23(27)19-9-6-10-21(15-19)30-16-22(26)17-7-4-3-5-8-17/h3-15H,2,16H2,1H3,(H,25,27). The molecule has 6 heteroatoms. The summed E-state index contributed by atoms with van der Waals surface area (Å²) >= 11 is 1.39. The highest BCUT2D eigenvalue weighted by Gasteiger charge is 2.11. The summed E-state index contributed by atoms with van der Waals surface area (Å²) in [5.41, 5.74) is 2.16. The lowest BCUT2D eigenvalue weighted by Crippen LogP contribution is -2.12. The van der Waals surface area contributed by atoms with E-state index in [4.69, 9.17) is 4.74 Å². The van der Waals surface area contributed by atoms with Gasteiger partial charge in [0.05, 0.1) is 17.9 Å². The molecule has 0 aromatic heterocycles. The van der Waals surface area contributed by atoms with Crippen LogP contribution < -0.4 is 5.32 Å². The number of amides is 1. The summed E-state index contributed by atoms with van der Waals surface area (Å²) < 4.78 is 4.95. The van der Waals surface area contributed by atoms with Crippen molar-refractivity contribution in [2.75, 3.05) is 17.7 Å². The molecule has 0 aliphatic rings. The van der Waals surface area contributed by atoms with Gasteiger partial charge in [-0.3, -0.25) is 9.59 Å². The smallest absolute Gasteiger partial charge is 0.338 e. The average Bonchev–Trinajstić information content (AvgIpc) is 2.79. The lowest BCUT2D eigenvalue weighted by Gasteiger charge is -2.08. The minimum atomic E-state index is -0.398. The van der Waals surface area contributed by atoms with Crippen LogP contribution in [0.3, 0.4) is 0 Å². The quantitative estimate of drug-likeness (QED) is 0.313. The molecule has 0 saturated heterocycles. The Morgan fingerprint density at radius 1 is 0.833 bits per heavy atom. The first kappa shape index (κ1) is 21.3. The molecule has 0 radical (unpaired) electrons. The Morgan fingerprint density at radius 3 is 2.23 bits per heavy atom. The van der Waals surface area contributed by atoms with E-state index in [2.05, 4.69) is 5.32 Å². The topological polar surface area (TPSA) is 72.5 Å². The second-order valence-electron chi connectivity index (χ2n) is 6.36. The summed E-state index contributed by atoms with van der Waals surface area (Å²) in [6.45, 7) is 2.05. The molecule has 0 bridgehead atoms. The predicted molar refractivity (Wildman–Crippen MR) is 118 cm³/mol. The Hall–Kier alpha value is -3.38. The van der Waals surface area contributed by atoms with E-state index in [0.717, 1.165) is 4.90 Å². The van der Waals surface area contributed by atoms with Crippen LogP contribution in [-0.4, -0.2) is 30.0 Å². The zero-order valence-electron chi connectivity index (χ0n) is 16.5. The van der Waals surface area contributed by atoms with Gasteiger partial charge in [0.15, 0.2) is 5.78 Å². The molecule has 1 amide bonds. The molecule has 152 valence electrons. The summed E-state index contributed by atoms with van der Waals surface area (Å²) in [4.78, 5) is 37.4. The van der Waals surface area contributed by atoms with Crippen LogP contribution in [0.4, 0.5) is 5.69 Å². The maximum atomic E-state index is 12.6. The average molecular weight is 420 g/mol. The number of esters is 1. The fourth-order valence-corrected chi connectivity index (χ4v) is 3.54. The van der Waals surface area contributed by atoms with E-state index in [-0.39, 0.29) is 11.7 Å². The molecule has 3 aromatic rings. The molecule has 0 aliphatic heterocycles. The largest absolute Gasteiger partial charge is 0.462 e. The van der Waals surface area contributed by atoms with Crippen LogP contribution in [0.1, 0.15) is 38.0 Å². The molecule has 0 atom stereocenters. The number of thioether (sulfide) groups is 1. The first-order valence-electron chi connectivity index (χ1n) is 9.46. The molecule has 3 rings (SSSR count). The number of hydrogen-bond donors (Lipinski definition) is 1. The highest BCUT2D eigenvalue weighted by atomic mass is 32.2. The lowest BCUT2D eigenvalue weighted by atomic mass is 10.2. The number of ether oxygens (including phenoxy) is 1. The molecule has 0 heterocycles. The van der Waals surface area contributed by atoms with Crippen molar-refractivity contribution in [1.82, 2.24) is 0 Å². The molecule has 1 N–H and O–H groups in total. The number of carbonyl (C=O) groups excluding carboxylic acids is 3. The maximum Gasteiger partial charge on any atom is 0.338 e. The Bertz CT molecular complexity index is 1030. The first-order chi connectivity index (χ1) is 14.6. The van der Waals surface area contributed by atoms with E-state index in [9.17, 15) is 14.4 Å². The van der Waals surface area contributed by atoms with Gasteiger partial charge in [-0.1, -0.05) is 36.4 Å². The second-order valence-corrected chi connectivity index (χ2v) is 7.41. The van der Waals surface area contributed by atoms with Crippen molar-refractivity contribution >= 4 is 35.1 Å². The van der Waals surface area contributed by atoms with Crippen LogP contribution in [0, 0.1) is 0 Å². The van der Waals surface area contributed by atoms with Crippen molar-refractivity contribution in [3.8, 4) is 0 Å². The third-order valence-electron chi connectivity index (χ3n) is 4.22. The number of nitrogens with one attached hydrogen (secondary N) is 1. The van der Waals surface area contributed by atoms with Gasteiger partial charge in [-0.2, -0.15) is 0 Å². The van der Waals surface area contributed by atoms with Crippen molar-refractivity contribution in [2.24, 2.45) is 0 Å². The van der Waals surface area contributed by atoms with Gasteiger partial charge in [-0.25, -0.2) is 4.79 Å². The molecule has 0 spiro atoms. The number of carbonyl (C=O) groups is 3. The van der Waals surface area contributed by atoms with Gasteiger partial charge >= 0.3 is 5.97 Å². The summed E-state index contributed by atoms with van der Waals surface area (Å²) in [6.07, 6.45) is 0. The number of hydrogen-bond acceptors (Lipinski definition) is 5. The van der Waals surface area contributed by atoms with Gasteiger partial charge in [-0.15, -0.1) is 11.8 Å². The fraction of sp³-hybridized carbons (Fsp3) is 0.125. The van der Waals surface area contributed by atoms with Gasteiger partial charge in [0, 0.05) is 21.7 Å². The van der Waals surface area contributed by atoms with Gasteiger partial charge in [0.25, 0.3) is 5.91 Å². The summed E-state index contributed by atoms with van der Waals surface area (Å²) in [5, 5.41) is 2.81. The van der Waals surface area contributed by atoms with E-state index < -0.39 is 5.97 Å². The van der Waals surface area contributed by atoms with Gasteiger partial charge < -0.3 is 10.1 Å². The second kappa shape index (κ2) is 10.4. The SMILES string of the molecule is CCOC(=O)c1ccc(NC(=O)c2cccc(SCC(=O)c3ccccc3)c2)cc1. The molecular weight excluding hydrogens is 398 g/mol. The van der Waals surface area contributed by atoms with Crippen molar-refractivity contribution in [3.05, 3.63) is 95.6 Å². The third-order valence-corrected chi connectivity index (χ3v) is 5.21. The molecule has 30 heavy (non-hydrogen) atoms. The van der Waals surface area contributed by atoms with Crippen molar-refractivity contribution in [1.29, 1.82) is 0 Å². The Labute approximate surface area is 179 Å². The van der Waals surface area contributed by atoms with Gasteiger partial charge in [-0.05, 0) is 49.4 Å². The number of rotatable bonds is 8. The molecule has 0 fully saturated rings. The van der Waals surface area contributed by atoms with Crippen LogP contribution in [0.25, 0.3) is 0 Å². The van der Waals surface area contributed by atoms with Crippen LogP contribution in [0.15, 0.2) is 83.8 Å². The first-order valence-corrected chi connectivity index (χ1v) is 10.4. The monoisotopic (exact) mass is 419 g/mol. The van der Waals surface area contributed by atoms with E-state index in [1.807, 2.05) is 24.3 Å². The number of ketones is 1. The Morgan fingerprint density at radius 2 is 1.53 bits per heavy atom. The van der Waals surface area contributed by atoms with E-state index in [0.29, 0.717) is 34.7 Å². The number of benzene rings is 3. The normalized spacial score (nSPS) is 10.3. The predicted octanol–water partition coefficient (Wildman–Crippen LogP) is 5.09. The zero-order chi connectivity index (χ0) is 21.3. The van der Waals surface area contributed by atoms with Gasteiger partial charge in [0.1, 0.15) is 0 Å². The molecule has 0 unspecified atom stereocenters. The lowest BCUT2D eigenvalue weighted by molar-refractivity contribution is 0.0526. The number of Topliss-reactive ketones (excluding diaryl/α,β-unsaturated/α-hetero) is 1. The van der Waals surface area contributed by atoms with Crippen molar-refractivity contribution in [2.45, 2.75) is 11.8 Å². The van der Waals surface area contributed by atoms with E-state index in [1.54, 1.807) is 61.5 Å².